The molecule has 0 unspecified atom stereocenters. The van der Waals surface area contributed by atoms with E-state index in [-0.39, 0.29) is 0 Å². The third-order valence-electron chi connectivity index (χ3n) is 3.24. The smallest absolute Gasteiger partial charge is 0.119 e. The van der Waals surface area contributed by atoms with Crippen LogP contribution in [0.2, 0.25) is 10.0 Å². The Labute approximate surface area is 131 Å². The molecule has 0 atom stereocenters. The van der Waals surface area contributed by atoms with Crippen molar-refractivity contribution in [2.24, 2.45) is 0 Å². The molecule has 100 valence electrons. The maximum Gasteiger partial charge on any atom is 0.119 e. The first-order valence-corrected chi connectivity index (χ1v) is 7.80. The Morgan fingerprint density at radius 3 is 2.85 bits per heavy atom. The van der Waals surface area contributed by atoms with Crippen molar-refractivity contribution in [3.63, 3.8) is 0 Å². The second-order valence-electron chi connectivity index (χ2n) is 4.59. The monoisotopic (exact) mass is 320 g/mol. The Morgan fingerprint density at radius 2 is 2.05 bits per heavy atom. The van der Waals surface area contributed by atoms with Crippen LogP contribution in [0.1, 0.15) is 23.2 Å². The highest BCUT2D eigenvalue weighted by Crippen LogP contribution is 2.37. The molecule has 0 saturated carbocycles. The fourth-order valence-electron chi connectivity index (χ4n) is 2.27. The van der Waals surface area contributed by atoms with Crippen LogP contribution in [-0.4, -0.2) is 4.98 Å². The van der Waals surface area contributed by atoms with Gasteiger partial charge in [-0.15, -0.1) is 0 Å². The summed E-state index contributed by atoms with van der Waals surface area (Å²) in [5.74, 6) is 0. The largest absolute Gasteiger partial charge is 0.244 e. The Balaban J connectivity index is 2.02. The number of hydrogen-bond acceptors (Lipinski definition) is 3. The molecule has 0 radical (unpaired) electrons. The Bertz CT molecular complexity index is 723. The Hall–Kier alpha value is -1.21. The van der Waals surface area contributed by atoms with E-state index in [1.807, 2.05) is 6.07 Å². The standard InChI is InChI=1S/C15H10Cl2N2S/c16-11-4-5-12(17)14(7-11)20-15-10(8-18)6-9-2-1-3-13(9)19-15/h4-7H,1-3H2. The molecule has 0 N–H and O–H groups in total. The van der Waals surface area contributed by atoms with E-state index in [0.717, 1.165) is 29.9 Å². The molecule has 1 aromatic heterocycles. The number of rotatable bonds is 2. The van der Waals surface area contributed by atoms with Gasteiger partial charge < -0.3 is 0 Å². The number of pyridine rings is 1. The highest BCUT2D eigenvalue weighted by molar-refractivity contribution is 7.99. The summed E-state index contributed by atoms with van der Waals surface area (Å²) < 4.78 is 0. The van der Waals surface area contributed by atoms with Crippen molar-refractivity contribution in [2.45, 2.75) is 29.2 Å². The fourth-order valence-corrected chi connectivity index (χ4v) is 3.67. The maximum atomic E-state index is 9.29. The average molecular weight is 321 g/mol. The van der Waals surface area contributed by atoms with Gasteiger partial charge in [0, 0.05) is 15.6 Å². The molecule has 0 fully saturated rings. The number of nitriles is 1. The highest BCUT2D eigenvalue weighted by atomic mass is 35.5. The molecule has 2 nitrogen and oxygen atoms in total. The van der Waals surface area contributed by atoms with Crippen LogP contribution in [0.5, 0.6) is 0 Å². The Kier molecular flexibility index (Phi) is 3.89. The van der Waals surface area contributed by atoms with Gasteiger partial charge in [-0.3, -0.25) is 0 Å². The van der Waals surface area contributed by atoms with Crippen molar-refractivity contribution in [1.82, 2.24) is 4.98 Å². The summed E-state index contributed by atoms with van der Waals surface area (Å²) in [5.41, 5.74) is 2.90. The van der Waals surface area contributed by atoms with E-state index < -0.39 is 0 Å². The SMILES string of the molecule is N#Cc1cc2c(nc1Sc1cc(Cl)ccc1Cl)CCC2. The van der Waals surface area contributed by atoms with Crippen LogP contribution in [0.15, 0.2) is 34.2 Å². The quantitative estimate of drug-likeness (QED) is 0.789. The average Bonchev–Trinajstić information content (AvgIpc) is 2.89. The molecule has 1 aromatic carbocycles. The van der Waals surface area contributed by atoms with Gasteiger partial charge in [-0.2, -0.15) is 5.26 Å². The van der Waals surface area contributed by atoms with Crippen LogP contribution < -0.4 is 0 Å². The number of aryl methyl sites for hydroxylation is 2. The van der Waals surface area contributed by atoms with Crippen molar-refractivity contribution in [3.05, 3.63) is 51.1 Å². The summed E-state index contributed by atoms with van der Waals surface area (Å²) in [6.45, 7) is 0. The van der Waals surface area contributed by atoms with E-state index in [2.05, 4.69) is 11.1 Å². The van der Waals surface area contributed by atoms with E-state index in [4.69, 9.17) is 23.2 Å². The van der Waals surface area contributed by atoms with E-state index in [9.17, 15) is 5.26 Å². The lowest BCUT2D eigenvalue weighted by Gasteiger charge is -2.08. The van der Waals surface area contributed by atoms with Crippen LogP contribution in [0.25, 0.3) is 0 Å². The molecule has 0 spiro atoms. The number of nitrogens with zero attached hydrogens (tertiary/aromatic N) is 2. The van der Waals surface area contributed by atoms with Gasteiger partial charge in [0.05, 0.1) is 10.6 Å². The van der Waals surface area contributed by atoms with Gasteiger partial charge in [-0.1, -0.05) is 35.0 Å². The van der Waals surface area contributed by atoms with Crippen LogP contribution in [0.4, 0.5) is 0 Å². The van der Waals surface area contributed by atoms with E-state index in [1.165, 1.54) is 17.3 Å². The number of fused-ring (bicyclic) bond motifs is 1. The number of benzene rings is 1. The summed E-state index contributed by atoms with van der Waals surface area (Å²) in [7, 11) is 0. The fraction of sp³-hybridized carbons (Fsp3) is 0.200. The normalized spacial score (nSPS) is 13.1. The molecule has 1 aliphatic carbocycles. The summed E-state index contributed by atoms with van der Waals surface area (Å²) in [6, 6.07) is 9.47. The predicted molar refractivity (Wildman–Crippen MR) is 81.6 cm³/mol. The molecule has 2 aromatic rings. The number of halogens is 2. The molecular weight excluding hydrogens is 311 g/mol. The lowest BCUT2D eigenvalue weighted by Crippen LogP contribution is -1.94. The van der Waals surface area contributed by atoms with Gasteiger partial charge in [-0.05, 0) is 49.1 Å². The van der Waals surface area contributed by atoms with Crippen LogP contribution >= 0.6 is 35.0 Å². The topological polar surface area (TPSA) is 36.7 Å². The minimum atomic E-state index is 0.603. The molecular formula is C15H10Cl2N2S. The summed E-state index contributed by atoms with van der Waals surface area (Å²) in [6.07, 6.45) is 3.11. The molecule has 1 heterocycles. The molecule has 0 saturated heterocycles. The van der Waals surface area contributed by atoms with E-state index in [0.29, 0.717) is 20.6 Å². The van der Waals surface area contributed by atoms with Gasteiger partial charge in [0.1, 0.15) is 11.1 Å². The van der Waals surface area contributed by atoms with Crippen LogP contribution in [0, 0.1) is 11.3 Å². The van der Waals surface area contributed by atoms with Gasteiger partial charge >= 0.3 is 0 Å². The molecule has 0 amide bonds. The second-order valence-corrected chi connectivity index (χ2v) is 6.46. The minimum absolute atomic E-state index is 0.603. The Morgan fingerprint density at radius 1 is 1.20 bits per heavy atom. The van der Waals surface area contributed by atoms with Gasteiger partial charge in [0.15, 0.2) is 0 Å². The lowest BCUT2D eigenvalue weighted by atomic mass is 10.2. The van der Waals surface area contributed by atoms with E-state index in [1.54, 1.807) is 18.2 Å². The molecule has 3 rings (SSSR count). The lowest BCUT2D eigenvalue weighted by molar-refractivity contribution is 0.891. The van der Waals surface area contributed by atoms with Crippen molar-refractivity contribution < 1.29 is 0 Å². The van der Waals surface area contributed by atoms with Gasteiger partial charge in [-0.25, -0.2) is 4.98 Å². The molecule has 1 aliphatic rings. The molecule has 0 aliphatic heterocycles. The van der Waals surface area contributed by atoms with Crippen molar-refractivity contribution in [2.75, 3.05) is 0 Å². The molecule has 20 heavy (non-hydrogen) atoms. The van der Waals surface area contributed by atoms with Crippen molar-refractivity contribution >= 4 is 35.0 Å². The number of hydrogen-bond donors (Lipinski definition) is 0. The summed E-state index contributed by atoms with van der Waals surface area (Å²) in [5, 5.41) is 11.2. The molecule has 5 heteroatoms. The van der Waals surface area contributed by atoms with Crippen molar-refractivity contribution in [1.29, 1.82) is 5.26 Å². The van der Waals surface area contributed by atoms with E-state index >= 15 is 0 Å². The maximum absolute atomic E-state index is 9.29. The van der Waals surface area contributed by atoms with Gasteiger partial charge in [0.25, 0.3) is 0 Å². The van der Waals surface area contributed by atoms with Crippen LogP contribution in [-0.2, 0) is 12.8 Å². The minimum Gasteiger partial charge on any atom is -0.244 e. The van der Waals surface area contributed by atoms with Crippen LogP contribution in [0.3, 0.4) is 0 Å². The van der Waals surface area contributed by atoms with Crippen molar-refractivity contribution in [3.8, 4) is 6.07 Å². The zero-order valence-electron chi connectivity index (χ0n) is 10.5. The third-order valence-corrected chi connectivity index (χ3v) is 4.98. The molecule has 0 bridgehead atoms. The number of aromatic nitrogens is 1. The first-order valence-electron chi connectivity index (χ1n) is 6.23. The second kappa shape index (κ2) is 5.65. The third kappa shape index (κ3) is 2.64. The first kappa shape index (κ1) is 13.8. The zero-order valence-corrected chi connectivity index (χ0v) is 12.8. The summed E-state index contributed by atoms with van der Waals surface area (Å²) in [4.78, 5) is 5.45. The predicted octanol–water partition coefficient (Wildman–Crippen LogP) is 4.90. The summed E-state index contributed by atoms with van der Waals surface area (Å²) >= 11 is 13.6. The zero-order chi connectivity index (χ0) is 14.1. The van der Waals surface area contributed by atoms with Gasteiger partial charge in [0.2, 0.25) is 0 Å². The highest BCUT2D eigenvalue weighted by Gasteiger charge is 2.17. The first-order chi connectivity index (χ1) is 9.67.